The molecule has 8 nitrogen and oxygen atoms in total. The molecule has 1 atom stereocenters. The number of hydrogen-bond acceptors (Lipinski definition) is 7. The van der Waals surface area contributed by atoms with Gasteiger partial charge in [-0.15, -0.1) is 10.2 Å². The van der Waals surface area contributed by atoms with Gasteiger partial charge in [0.1, 0.15) is 17.4 Å². The topological polar surface area (TPSA) is 93.7 Å². The van der Waals surface area contributed by atoms with Gasteiger partial charge in [0.15, 0.2) is 0 Å². The second-order valence-corrected chi connectivity index (χ2v) is 6.97. The van der Waals surface area contributed by atoms with E-state index in [1.807, 2.05) is 24.3 Å². The van der Waals surface area contributed by atoms with Gasteiger partial charge in [0.05, 0.1) is 13.0 Å². The Balaban J connectivity index is 1.60. The van der Waals surface area contributed by atoms with Gasteiger partial charge >= 0.3 is 0 Å². The summed E-state index contributed by atoms with van der Waals surface area (Å²) in [6.45, 7) is 1.14. The third-order valence-electron chi connectivity index (χ3n) is 4.10. The molecule has 3 rings (SSSR count). The molecule has 9 heteroatoms. The van der Waals surface area contributed by atoms with Crippen LogP contribution in [0, 0.1) is 5.92 Å². The standard InChI is InChI=1S/C17H20N4O4S/c1-24-10-14-19-20-17(26-14)18-16(23)12-7-15(22)21(9-12)8-11-5-3-4-6-13(11)25-2/h3-6,12H,7-10H2,1-2H3,(H,18,20,23)/t12-/m1/s1. The first-order chi connectivity index (χ1) is 12.6. The maximum absolute atomic E-state index is 12.4. The van der Waals surface area contributed by atoms with E-state index in [2.05, 4.69) is 15.5 Å². The summed E-state index contributed by atoms with van der Waals surface area (Å²) in [5, 5.41) is 11.7. The molecular formula is C17H20N4O4S. The van der Waals surface area contributed by atoms with Gasteiger partial charge in [0.25, 0.3) is 0 Å². The minimum Gasteiger partial charge on any atom is -0.496 e. The number of anilines is 1. The number of carbonyl (C=O) groups is 2. The Morgan fingerprint density at radius 2 is 2.15 bits per heavy atom. The molecule has 1 aliphatic heterocycles. The molecule has 1 aliphatic rings. The molecule has 26 heavy (non-hydrogen) atoms. The van der Waals surface area contributed by atoms with Crippen molar-refractivity contribution in [3.05, 3.63) is 34.8 Å². The van der Waals surface area contributed by atoms with Gasteiger partial charge in [-0.25, -0.2) is 0 Å². The summed E-state index contributed by atoms with van der Waals surface area (Å²) in [6.07, 6.45) is 0.185. The molecule has 0 saturated carbocycles. The van der Waals surface area contributed by atoms with Crippen molar-refractivity contribution in [1.82, 2.24) is 15.1 Å². The summed E-state index contributed by atoms with van der Waals surface area (Å²) in [6, 6.07) is 7.55. The molecule has 0 radical (unpaired) electrons. The van der Waals surface area contributed by atoms with E-state index in [0.717, 1.165) is 11.3 Å². The van der Waals surface area contributed by atoms with E-state index in [0.29, 0.717) is 29.8 Å². The first-order valence-electron chi connectivity index (χ1n) is 8.12. The van der Waals surface area contributed by atoms with Crippen LogP contribution in [0.25, 0.3) is 0 Å². The van der Waals surface area contributed by atoms with E-state index >= 15 is 0 Å². The summed E-state index contributed by atoms with van der Waals surface area (Å²) < 4.78 is 10.3. The lowest BCUT2D eigenvalue weighted by atomic mass is 10.1. The molecule has 2 heterocycles. The van der Waals surface area contributed by atoms with E-state index < -0.39 is 5.92 Å². The summed E-state index contributed by atoms with van der Waals surface area (Å²) in [5.74, 6) is 0.0501. The third-order valence-corrected chi connectivity index (χ3v) is 4.92. The highest BCUT2D eigenvalue weighted by molar-refractivity contribution is 7.15. The van der Waals surface area contributed by atoms with Crippen molar-refractivity contribution < 1.29 is 19.1 Å². The lowest BCUT2D eigenvalue weighted by molar-refractivity contribution is -0.128. The van der Waals surface area contributed by atoms with Crippen LogP contribution in [0.15, 0.2) is 24.3 Å². The molecule has 1 aromatic carbocycles. The molecule has 1 fully saturated rings. The maximum atomic E-state index is 12.4. The fourth-order valence-electron chi connectivity index (χ4n) is 2.83. The zero-order valence-corrected chi connectivity index (χ0v) is 15.4. The fraction of sp³-hybridized carbons (Fsp3) is 0.412. The predicted octanol–water partition coefficient (Wildman–Crippen LogP) is 1.68. The molecule has 1 saturated heterocycles. The Bertz CT molecular complexity index is 795. The van der Waals surface area contributed by atoms with Gasteiger partial charge in [0, 0.05) is 32.2 Å². The number of nitrogens with one attached hydrogen (secondary N) is 1. The van der Waals surface area contributed by atoms with E-state index in [1.54, 1.807) is 19.1 Å². The minimum atomic E-state index is -0.410. The van der Waals surface area contributed by atoms with Crippen molar-refractivity contribution in [2.45, 2.75) is 19.6 Å². The summed E-state index contributed by atoms with van der Waals surface area (Å²) in [7, 11) is 3.17. The molecule has 138 valence electrons. The van der Waals surface area contributed by atoms with Crippen LogP contribution in [0.4, 0.5) is 5.13 Å². The number of hydrogen-bond donors (Lipinski definition) is 1. The summed E-state index contributed by atoms with van der Waals surface area (Å²) >= 11 is 1.26. The van der Waals surface area contributed by atoms with Gasteiger partial charge < -0.3 is 19.7 Å². The zero-order chi connectivity index (χ0) is 18.5. The van der Waals surface area contributed by atoms with Crippen molar-refractivity contribution in [3.63, 3.8) is 0 Å². The van der Waals surface area contributed by atoms with Crippen molar-refractivity contribution in [1.29, 1.82) is 0 Å². The number of nitrogens with zero attached hydrogens (tertiary/aromatic N) is 3. The van der Waals surface area contributed by atoms with Gasteiger partial charge in [-0.2, -0.15) is 0 Å². The van der Waals surface area contributed by atoms with Crippen LogP contribution in [-0.2, 0) is 27.5 Å². The van der Waals surface area contributed by atoms with Crippen LogP contribution < -0.4 is 10.1 Å². The highest BCUT2D eigenvalue weighted by Crippen LogP contribution is 2.26. The Morgan fingerprint density at radius 1 is 1.35 bits per heavy atom. The first kappa shape index (κ1) is 18.3. The number of rotatable bonds is 7. The fourth-order valence-corrected chi connectivity index (χ4v) is 3.55. The van der Waals surface area contributed by atoms with Crippen LogP contribution in [0.5, 0.6) is 5.75 Å². The lowest BCUT2D eigenvalue weighted by Crippen LogP contribution is -2.28. The number of likely N-dealkylation sites (tertiary alicyclic amines) is 1. The third kappa shape index (κ3) is 4.17. The lowest BCUT2D eigenvalue weighted by Gasteiger charge is -2.18. The van der Waals surface area contributed by atoms with E-state index in [9.17, 15) is 9.59 Å². The highest BCUT2D eigenvalue weighted by Gasteiger charge is 2.35. The number of para-hydroxylation sites is 1. The Kier molecular flexibility index (Phi) is 5.79. The quantitative estimate of drug-likeness (QED) is 0.790. The molecule has 1 N–H and O–H groups in total. The number of ether oxygens (including phenoxy) is 2. The van der Waals surface area contributed by atoms with Crippen molar-refractivity contribution in [2.24, 2.45) is 5.92 Å². The van der Waals surface area contributed by atoms with Gasteiger partial charge in [-0.1, -0.05) is 29.5 Å². The molecule has 1 aromatic heterocycles. The van der Waals surface area contributed by atoms with Crippen LogP contribution in [0.1, 0.15) is 17.0 Å². The highest BCUT2D eigenvalue weighted by atomic mass is 32.1. The number of amides is 2. The first-order valence-corrected chi connectivity index (χ1v) is 8.94. The van der Waals surface area contributed by atoms with E-state index in [1.165, 1.54) is 11.3 Å². The molecule has 0 bridgehead atoms. The Labute approximate surface area is 155 Å². The largest absolute Gasteiger partial charge is 0.496 e. The van der Waals surface area contributed by atoms with Crippen LogP contribution in [-0.4, -0.2) is 47.7 Å². The molecule has 2 aromatic rings. The molecule has 0 unspecified atom stereocenters. The molecule has 2 amide bonds. The average molecular weight is 376 g/mol. The molecular weight excluding hydrogens is 356 g/mol. The van der Waals surface area contributed by atoms with Crippen LogP contribution >= 0.6 is 11.3 Å². The van der Waals surface area contributed by atoms with Gasteiger partial charge in [0.2, 0.25) is 16.9 Å². The predicted molar refractivity (Wildman–Crippen MR) is 95.8 cm³/mol. The number of benzene rings is 1. The Morgan fingerprint density at radius 3 is 2.92 bits per heavy atom. The van der Waals surface area contributed by atoms with Gasteiger partial charge in [-0.05, 0) is 6.07 Å². The maximum Gasteiger partial charge on any atom is 0.231 e. The summed E-state index contributed by atoms with van der Waals surface area (Å²) in [5.41, 5.74) is 0.915. The van der Waals surface area contributed by atoms with Crippen LogP contribution in [0.2, 0.25) is 0 Å². The smallest absolute Gasteiger partial charge is 0.231 e. The second-order valence-electron chi connectivity index (χ2n) is 5.91. The van der Waals surface area contributed by atoms with Crippen molar-refractivity contribution in [3.8, 4) is 5.75 Å². The average Bonchev–Trinajstić information content (AvgIpc) is 3.23. The normalized spacial score (nSPS) is 16.8. The van der Waals surface area contributed by atoms with Crippen molar-refractivity contribution >= 4 is 28.3 Å². The minimum absolute atomic E-state index is 0.0478. The van der Waals surface area contributed by atoms with Crippen molar-refractivity contribution in [2.75, 3.05) is 26.1 Å². The van der Waals surface area contributed by atoms with Gasteiger partial charge in [-0.3, -0.25) is 9.59 Å². The second kappa shape index (κ2) is 8.24. The van der Waals surface area contributed by atoms with E-state index in [4.69, 9.17) is 9.47 Å². The number of carbonyl (C=O) groups excluding carboxylic acids is 2. The summed E-state index contributed by atoms with van der Waals surface area (Å²) in [4.78, 5) is 26.4. The van der Waals surface area contributed by atoms with E-state index in [-0.39, 0.29) is 18.2 Å². The zero-order valence-electron chi connectivity index (χ0n) is 14.6. The monoisotopic (exact) mass is 376 g/mol. The van der Waals surface area contributed by atoms with Crippen LogP contribution in [0.3, 0.4) is 0 Å². The Hall–Kier alpha value is -2.52. The molecule has 0 spiro atoms. The SMILES string of the molecule is COCc1nnc(NC(=O)[C@@H]2CC(=O)N(Cc3ccccc3OC)C2)s1. The number of aromatic nitrogens is 2. The number of methoxy groups -OCH3 is 2. The molecule has 0 aliphatic carbocycles.